The first-order valence-electron chi connectivity index (χ1n) is 7.78. The molecule has 1 aromatic rings. The molecule has 0 radical (unpaired) electrons. The van der Waals surface area contributed by atoms with E-state index < -0.39 is 0 Å². The minimum atomic E-state index is -0.0549. The molecule has 0 amide bonds. The van der Waals surface area contributed by atoms with Crippen LogP contribution in [0.1, 0.15) is 68.9 Å². The summed E-state index contributed by atoms with van der Waals surface area (Å²) >= 11 is 1.63. The third-order valence-electron chi connectivity index (χ3n) is 3.42. The van der Waals surface area contributed by atoms with E-state index >= 15 is 0 Å². The largest absolute Gasteiger partial charge is 0.465 e. The highest BCUT2D eigenvalue weighted by molar-refractivity contribution is 7.09. The van der Waals surface area contributed by atoms with Crippen LogP contribution in [0.3, 0.4) is 0 Å². The summed E-state index contributed by atoms with van der Waals surface area (Å²) in [6.45, 7) is 4.70. The van der Waals surface area contributed by atoms with Crippen LogP contribution in [-0.4, -0.2) is 17.6 Å². The van der Waals surface area contributed by atoms with Gasteiger partial charge in [-0.3, -0.25) is 4.79 Å². The monoisotopic (exact) mass is 297 g/mol. The van der Waals surface area contributed by atoms with Gasteiger partial charge >= 0.3 is 5.97 Å². The van der Waals surface area contributed by atoms with Gasteiger partial charge in [0.05, 0.1) is 17.8 Å². The third-order valence-corrected chi connectivity index (χ3v) is 4.42. The first-order chi connectivity index (χ1) is 9.74. The molecule has 0 N–H and O–H groups in total. The van der Waals surface area contributed by atoms with E-state index in [2.05, 4.69) is 11.9 Å². The van der Waals surface area contributed by atoms with Gasteiger partial charge in [-0.2, -0.15) is 0 Å². The molecule has 0 aliphatic carbocycles. The minimum absolute atomic E-state index is 0.0549. The summed E-state index contributed by atoms with van der Waals surface area (Å²) < 4.78 is 5.26. The number of esters is 1. The van der Waals surface area contributed by atoms with Crippen LogP contribution in [0.5, 0.6) is 0 Å². The highest BCUT2D eigenvalue weighted by Crippen LogP contribution is 2.13. The second-order valence-corrected chi connectivity index (χ2v) is 6.14. The Bertz CT molecular complexity index is 376. The van der Waals surface area contributed by atoms with Crippen LogP contribution in [0.4, 0.5) is 0 Å². The molecule has 0 aromatic carbocycles. The Morgan fingerprint density at radius 1 is 1.20 bits per heavy atom. The summed E-state index contributed by atoms with van der Waals surface area (Å²) in [6.07, 6.45) is 9.95. The van der Waals surface area contributed by atoms with Gasteiger partial charge in [0.2, 0.25) is 0 Å². The molecule has 0 saturated carbocycles. The maximum Gasteiger partial charge on any atom is 0.305 e. The average Bonchev–Trinajstić information content (AvgIpc) is 2.83. The highest BCUT2D eigenvalue weighted by Gasteiger charge is 2.05. The fraction of sp³-hybridized carbons (Fsp3) is 0.750. The van der Waals surface area contributed by atoms with Crippen LogP contribution in [0.2, 0.25) is 0 Å². The van der Waals surface area contributed by atoms with Gasteiger partial charge in [0, 0.05) is 17.7 Å². The second-order valence-electron chi connectivity index (χ2n) is 5.20. The molecule has 20 heavy (non-hydrogen) atoms. The Morgan fingerprint density at radius 2 is 1.90 bits per heavy atom. The summed E-state index contributed by atoms with van der Waals surface area (Å²) in [7, 11) is 0. The number of nitrogens with zero attached hydrogens (tertiary/aromatic N) is 1. The van der Waals surface area contributed by atoms with Crippen molar-refractivity contribution in [2.24, 2.45) is 0 Å². The zero-order valence-corrected chi connectivity index (χ0v) is 13.6. The van der Waals surface area contributed by atoms with Crippen molar-refractivity contribution in [1.29, 1.82) is 0 Å². The number of carbonyl (C=O) groups excluding carboxylic acids is 1. The van der Waals surface area contributed by atoms with Crippen LogP contribution < -0.4 is 0 Å². The van der Waals surface area contributed by atoms with Crippen LogP contribution in [-0.2, 0) is 16.0 Å². The highest BCUT2D eigenvalue weighted by atomic mass is 32.1. The molecule has 0 fully saturated rings. The Morgan fingerprint density at radius 3 is 2.55 bits per heavy atom. The number of thiazole rings is 1. The number of aromatic nitrogens is 1. The van der Waals surface area contributed by atoms with Crippen LogP contribution >= 0.6 is 11.3 Å². The molecule has 114 valence electrons. The molecule has 1 heterocycles. The summed E-state index contributed by atoms with van der Waals surface area (Å²) in [6, 6.07) is 0. The lowest BCUT2D eigenvalue weighted by molar-refractivity contribution is -0.143. The van der Waals surface area contributed by atoms with Crippen molar-refractivity contribution in [3.05, 3.63) is 16.1 Å². The number of hydrogen-bond donors (Lipinski definition) is 0. The second kappa shape index (κ2) is 10.8. The summed E-state index contributed by atoms with van der Waals surface area (Å²) in [5.74, 6) is -0.0549. The fourth-order valence-corrected chi connectivity index (χ4v) is 2.88. The Kier molecular flexibility index (Phi) is 9.29. The van der Waals surface area contributed by atoms with Crippen molar-refractivity contribution in [3.8, 4) is 0 Å². The number of hydrogen-bond acceptors (Lipinski definition) is 4. The Balaban J connectivity index is 1.94. The maximum absolute atomic E-state index is 11.6. The number of aryl methyl sites for hydroxylation is 1. The van der Waals surface area contributed by atoms with Gasteiger partial charge in [0.25, 0.3) is 0 Å². The molecular weight excluding hydrogens is 270 g/mol. The van der Waals surface area contributed by atoms with E-state index in [4.69, 9.17) is 4.74 Å². The smallest absolute Gasteiger partial charge is 0.305 e. The predicted molar refractivity (Wildman–Crippen MR) is 84.1 cm³/mol. The lowest BCUT2D eigenvalue weighted by Crippen LogP contribution is -2.07. The van der Waals surface area contributed by atoms with E-state index in [1.165, 1.54) is 37.0 Å². The Labute approximate surface area is 126 Å². The molecule has 1 aromatic heterocycles. The van der Waals surface area contributed by atoms with Gasteiger partial charge in [0.15, 0.2) is 0 Å². The van der Waals surface area contributed by atoms with Crippen molar-refractivity contribution in [3.63, 3.8) is 0 Å². The molecule has 0 saturated heterocycles. The van der Waals surface area contributed by atoms with Crippen LogP contribution in [0.15, 0.2) is 5.51 Å². The average molecular weight is 297 g/mol. The molecule has 0 unspecified atom stereocenters. The molecule has 0 atom stereocenters. The lowest BCUT2D eigenvalue weighted by atomic mass is 10.1. The lowest BCUT2D eigenvalue weighted by Gasteiger charge is -2.04. The van der Waals surface area contributed by atoms with Crippen molar-refractivity contribution in [2.45, 2.75) is 71.6 Å². The van der Waals surface area contributed by atoms with Gasteiger partial charge in [0.1, 0.15) is 0 Å². The predicted octanol–water partition coefficient (Wildman–Crippen LogP) is 4.68. The number of unbranched alkanes of at least 4 members (excludes halogenated alkanes) is 6. The van der Waals surface area contributed by atoms with Gasteiger partial charge < -0.3 is 4.74 Å². The van der Waals surface area contributed by atoms with E-state index in [0.29, 0.717) is 13.0 Å². The molecule has 4 heteroatoms. The molecule has 0 bridgehead atoms. The van der Waals surface area contributed by atoms with Crippen molar-refractivity contribution in [1.82, 2.24) is 4.98 Å². The molecule has 0 aliphatic rings. The first kappa shape index (κ1) is 17.2. The maximum atomic E-state index is 11.6. The quantitative estimate of drug-likeness (QED) is 0.440. The molecular formula is C16H27NO2S. The molecule has 3 nitrogen and oxygen atoms in total. The fourth-order valence-electron chi connectivity index (χ4n) is 2.12. The topological polar surface area (TPSA) is 39.2 Å². The summed E-state index contributed by atoms with van der Waals surface area (Å²) in [5, 5.41) is 0. The van der Waals surface area contributed by atoms with E-state index in [0.717, 1.165) is 25.0 Å². The van der Waals surface area contributed by atoms with Gasteiger partial charge in [-0.05, 0) is 13.3 Å². The number of carbonyl (C=O) groups is 1. The summed E-state index contributed by atoms with van der Waals surface area (Å²) in [4.78, 5) is 17.0. The van der Waals surface area contributed by atoms with E-state index in [1.807, 2.05) is 12.4 Å². The first-order valence-corrected chi connectivity index (χ1v) is 8.66. The van der Waals surface area contributed by atoms with Crippen LogP contribution in [0.25, 0.3) is 0 Å². The third kappa shape index (κ3) is 7.63. The summed E-state index contributed by atoms with van der Waals surface area (Å²) in [5.41, 5.74) is 2.89. The van der Waals surface area contributed by atoms with E-state index in [-0.39, 0.29) is 5.97 Å². The molecule has 0 aliphatic heterocycles. The van der Waals surface area contributed by atoms with Crippen molar-refractivity contribution in [2.75, 3.05) is 6.61 Å². The zero-order valence-electron chi connectivity index (χ0n) is 12.8. The van der Waals surface area contributed by atoms with Crippen LogP contribution in [0, 0.1) is 6.92 Å². The Hall–Kier alpha value is -0.900. The van der Waals surface area contributed by atoms with Crippen molar-refractivity contribution >= 4 is 17.3 Å². The molecule has 0 spiro atoms. The normalized spacial score (nSPS) is 10.7. The van der Waals surface area contributed by atoms with Crippen molar-refractivity contribution < 1.29 is 9.53 Å². The minimum Gasteiger partial charge on any atom is -0.465 e. The van der Waals surface area contributed by atoms with Gasteiger partial charge in [-0.1, -0.05) is 45.4 Å². The van der Waals surface area contributed by atoms with E-state index in [9.17, 15) is 4.79 Å². The van der Waals surface area contributed by atoms with Gasteiger partial charge in [-0.15, -0.1) is 11.3 Å². The number of ether oxygens (including phenoxy) is 1. The number of rotatable bonds is 11. The molecule has 1 rings (SSSR count). The zero-order chi connectivity index (χ0) is 14.6. The standard InChI is InChI=1S/C16H27NO2S/c1-3-4-5-6-7-8-9-10-16(18)19-12-11-15-14(2)17-13-20-15/h13H,3-12H2,1-2H3. The van der Waals surface area contributed by atoms with Gasteiger partial charge in [-0.25, -0.2) is 4.98 Å². The van der Waals surface area contributed by atoms with E-state index in [1.54, 1.807) is 11.3 Å². The SMILES string of the molecule is CCCCCCCCCC(=O)OCCc1scnc1C.